The minimum absolute atomic E-state index is 0.984. The molecular formula is C52H32N2S2. The molecule has 0 aliphatic heterocycles. The van der Waals surface area contributed by atoms with E-state index >= 15 is 0 Å². The van der Waals surface area contributed by atoms with Gasteiger partial charge in [0.1, 0.15) is 0 Å². The van der Waals surface area contributed by atoms with Gasteiger partial charge in [0.15, 0.2) is 0 Å². The van der Waals surface area contributed by atoms with Crippen LogP contribution in [-0.4, -0.2) is 9.97 Å². The van der Waals surface area contributed by atoms with Crippen molar-refractivity contribution < 1.29 is 0 Å². The molecule has 4 heteroatoms. The van der Waals surface area contributed by atoms with Crippen molar-refractivity contribution in [3.8, 4) is 66.9 Å². The van der Waals surface area contributed by atoms with Crippen molar-refractivity contribution in [2.24, 2.45) is 0 Å². The predicted molar refractivity (Wildman–Crippen MR) is 240 cm³/mol. The molecule has 11 aromatic rings. The highest BCUT2D eigenvalue weighted by Crippen LogP contribution is 2.44. The van der Waals surface area contributed by atoms with Crippen molar-refractivity contribution in [3.05, 3.63) is 195 Å². The Hall–Kier alpha value is -6.72. The maximum Gasteiger partial charge on any atom is 0.0708 e. The second-order valence-electron chi connectivity index (χ2n) is 14.1. The first kappa shape index (κ1) is 32.7. The maximum atomic E-state index is 4.67. The average Bonchev–Trinajstić information content (AvgIpc) is 3.84. The van der Waals surface area contributed by atoms with Crippen LogP contribution in [-0.2, 0) is 0 Å². The summed E-state index contributed by atoms with van der Waals surface area (Å²) in [6.45, 7) is 0. The number of hydrogen-bond acceptors (Lipinski definition) is 4. The lowest BCUT2D eigenvalue weighted by Gasteiger charge is -2.12. The first-order valence-electron chi connectivity index (χ1n) is 18.8. The Morgan fingerprint density at radius 3 is 1.09 bits per heavy atom. The number of fused-ring (bicyclic) bond motifs is 6. The fraction of sp³-hybridized carbons (Fsp3) is 0. The van der Waals surface area contributed by atoms with Crippen LogP contribution in [0.25, 0.3) is 107 Å². The molecule has 0 aliphatic carbocycles. The highest BCUT2D eigenvalue weighted by atomic mass is 32.1. The molecule has 0 saturated carbocycles. The number of aromatic nitrogens is 2. The third kappa shape index (κ3) is 5.62. The molecule has 0 radical (unpaired) electrons. The van der Waals surface area contributed by atoms with Crippen molar-refractivity contribution in [2.45, 2.75) is 0 Å². The van der Waals surface area contributed by atoms with E-state index in [0.717, 1.165) is 16.8 Å². The summed E-state index contributed by atoms with van der Waals surface area (Å²) in [5.74, 6) is 0. The van der Waals surface area contributed by atoms with E-state index in [-0.39, 0.29) is 0 Å². The van der Waals surface area contributed by atoms with Crippen LogP contribution >= 0.6 is 22.7 Å². The smallest absolute Gasteiger partial charge is 0.0708 e. The second kappa shape index (κ2) is 13.5. The van der Waals surface area contributed by atoms with E-state index in [9.17, 15) is 0 Å². The lowest BCUT2D eigenvalue weighted by atomic mass is 9.92. The van der Waals surface area contributed by atoms with Crippen molar-refractivity contribution in [1.29, 1.82) is 0 Å². The second-order valence-corrected chi connectivity index (χ2v) is 16.3. The Kier molecular flexibility index (Phi) is 7.90. The Balaban J connectivity index is 1.01. The van der Waals surface area contributed by atoms with Gasteiger partial charge >= 0.3 is 0 Å². The summed E-state index contributed by atoms with van der Waals surface area (Å²) in [5.41, 5.74) is 14.2. The van der Waals surface area contributed by atoms with Gasteiger partial charge in [-0.1, -0.05) is 109 Å². The minimum Gasteiger partial charge on any atom is -0.264 e. The van der Waals surface area contributed by atoms with Crippen LogP contribution in [0.15, 0.2) is 195 Å². The van der Waals surface area contributed by atoms with Crippen molar-refractivity contribution in [2.75, 3.05) is 0 Å². The van der Waals surface area contributed by atoms with Gasteiger partial charge in [-0.3, -0.25) is 9.97 Å². The molecule has 0 saturated heterocycles. The van der Waals surface area contributed by atoms with Crippen LogP contribution in [0.2, 0.25) is 0 Å². The zero-order valence-corrected chi connectivity index (χ0v) is 31.8. The van der Waals surface area contributed by atoms with Gasteiger partial charge in [0.25, 0.3) is 0 Å². The Morgan fingerprint density at radius 1 is 0.304 bits per heavy atom. The summed E-state index contributed by atoms with van der Waals surface area (Å²) in [5, 5.41) is 5.14. The summed E-state index contributed by atoms with van der Waals surface area (Å²) in [4.78, 5) is 9.07. The molecule has 0 atom stereocenters. The molecule has 7 aromatic carbocycles. The molecule has 0 fully saturated rings. The molecule has 0 N–H and O–H groups in total. The molecule has 0 bridgehead atoms. The van der Waals surface area contributed by atoms with Crippen molar-refractivity contribution >= 4 is 63.0 Å². The van der Waals surface area contributed by atoms with Crippen LogP contribution in [0.3, 0.4) is 0 Å². The van der Waals surface area contributed by atoms with Gasteiger partial charge in [0.2, 0.25) is 0 Å². The summed E-state index contributed by atoms with van der Waals surface area (Å²) in [7, 11) is 0. The van der Waals surface area contributed by atoms with E-state index in [1.165, 1.54) is 90.4 Å². The molecule has 4 aromatic heterocycles. The molecule has 0 spiro atoms. The van der Waals surface area contributed by atoms with Crippen LogP contribution in [0.4, 0.5) is 0 Å². The maximum absolute atomic E-state index is 4.67. The van der Waals surface area contributed by atoms with Crippen LogP contribution in [0, 0.1) is 0 Å². The fourth-order valence-corrected chi connectivity index (χ4v) is 10.3. The zero-order chi connectivity index (χ0) is 37.0. The van der Waals surface area contributed by atoms with Gasteiger partial charge < -0.3 is 0 Å². The molecule has 56 heavy (non-hydrogen) atoms. The van der Waals surface area contributed by atoms with E-state index in [1.54, 1.807) is 0 Å². The molecule has 262 valence electrons. The summed E-state index contributed by atoms with van der Waals surface area (Å²) >= 11 is 3.72. The Morgan fingerprint density at radius 2 is 0.696 bits per heavy atom. The number of thiophene rings is 2. The van der Waals surface area contributed by atoms with Gasteiger partial charge in [-0.2, -0.15) is 0 Å². The lowest BCUT2D eigenvalue weighted by molar-refractivity contribution is 1.33. The van der Waals surface area contributed by atoms with E-state index in [1.807, 2.05) is 53.4 Å². The van der Waals surface area contributed by atoms with Crippen LogP contribution in [0.1, 0.15) is 0 Å². The molecule has 0 amide bonds. The van der Waals surface area contributed by atoms with Gasteiger partial charge in [-0.25, -0.2) is 0 Å². The molecule has 2 nitrogen and oxygen atoms in total. The van der Waals surface area contributed by atoms with Crippen molar-refractivity contribution in [3.63, 3.8) is 0 Å². The predicted octanol–water partition coefficient (Wildman–Crippen LogP) is 15.2. The summed E-state index contributed by atoms with van der Waals surface area (Å²) in [6.07, 6.45) is 5.64. The highest BCUT2D eigenvalue weighted by molar-refractivity contribution is 7.26. The summed E-state index contributed by atoms with van der Waals surface area (Å²) < 4.78 is 5.18. The molecule has 11 rings (SSSR count). The number of nitrogens with zero attached hydrogens (tertiary/aromatic N) is 2. The van der Waals surface area contributed by atoms with E-state index < -0.39 is 0 Å². The van der Waals surface area contributed by atoms with Gasteiger partial charge in [0.05, 0.1) is 5.69 Å². The first-order chi connectivity index (χ1) is 27.7. The third-order valence-corrected chi connectivity index (χ3v) is 13.2. The highest BCUT2D eigenvalue weighted by Gasteiger charge is 2.16. The number of benzene rings is 7. The monoisotopic (exact) mass is 748 g/mol. The number of rotatable bonds is 6. The Bertz CT molecular complexity index is 3030. The lowest BCUT2D eigenvalue weighted by Crippen LogP contribution is -1.87. The molecule has 4 heterocycles. The standard InChI is InChI=1S/C52H32N2S2/c1-2-12-39(34-19-23-50-45(29-34)47-31-36(21-25-52(47)56-50)41-14-5-6-16-43(41)48-17-7-8-27-54-48)38(11-1)33-18-22-49-44(28-33)46-30-35(20-24-51(46)55-49)40-13-3-4-15-42(40)37-10-9-26-53-32-37/h1-32H. The van der Waals surface area contributed by atoms with Gasteiger partial charge in [-0.05, 0) is 117 Å². The quantitative estimate of drug-likeness (QED) is 0.169. The largest absolute Gasteiger partial charge is 0.264 e. The minimum atomic E-state index is 0.984. The van der Waals surface area contributed by atoms with Gasteiger partial charge in [-0.15, -0.1) is 22.7 Å². The molecule has 0 aliphatic rings. The van der Waals surface area contributed by atoms with Crippen molar-refractivity contribution in [1.82, 2.24) is 9.97 Å². The number of pyridine rings is 2. The van der Waals surface area contributed by atoms with E-state index in [2.05, 4.69) is 174 Å². The summed E-state index contributed by atoms with van der Waals surface area (Å²) in [6, 6.07) is 64.1. The van der Waals surface area contributed by atoms with Gasteiger partial charge in [0, 0.05) is 70.1 Å². The first-order valence-corrected chi connectivity index (χ1v) is 20.4. The zero-order valence-electron chi connectivity index (χ0n) is 30.2. The van der Waals surface area contributed by atoms with Crippen LogP contribution < -0.4 is 0 Å². The average molecular weight is 749 g/mol. The molecular weight excluding hydrogens is 717 g/mol. The SMILES string of the molecule is c1ccc(-c2ccccc2-c2ccc3sc4ccc(-c5ccccc5-c5ccc6sc7ccc(-c8ccccc8-c8cccnc8)cc7c6c5)cc4c3c2)nc1. The van der Waals surface area contributed by atoms with Crippen LogP contribution in [0.5, 0.6) is 0 Å². The van der Waals surface area contributed by atoms with E-state index in [0.29, 0.717) is 0 Å². The fourth-order valence-electron chi connectivity index (χ4n) is 8.20. The Labute approximate surface area is 332 Å². The topological polar surface area (TPSA) is 25.8 Å². The normalized spacial score (nSPS) is 11.6. The molecule has 0 unspecified atom stereocenters. The van der Waals surface area contributed by atoms with E-state index in [4.69, 9.17) is 0 Å². The third-order valence-electron chi connectivity index (χ3n) is 10.9. The number of hydrogen-bond donors (Lipinski definition) is 0.